The summed E-state index contributed by atoms with van der Waals surface area (Å²) in [5.41, 5.74) is 1.94. The molecule has 2 aromatic carbocycles. The van der Waals surface area contributed by atoms with Crippen LogP contribution in [0.4, 0.5) is 0 Å². The minimum atomic E-state index is 0.969. The van der Waals surface area contributed by atoms with Gasteiger partial charge >= 0.3 is 0 Å². The minimum Gasteiger partial charge on any atom is -0.158 e. The highest BCUT2D eigenvalue weighted by Gasteiger charge is 2.03. The van der Waals surface area contributed by atoms with Crippen LogP contribution in [-0.4, -0.2) is 19.8 Å². The lowest BCUT2D eigenvalue weighted by atomic mass is 10.3. The predicted octanol–water partition coefficient (Wildman–Crippen LogP) is 2.70. The molecule has 0 fully saturated rings. The molecule has 4 aromatic rings. The van der Waals surface area contributed by atoms with E-state index in [0.29, 0.717) is 0 Å². The molecule has 0 atom stereocenters. The highest BCUT2D eigenvalue weighted by molar-refractivity contribution is 5.79. The van der Waals surface area contributed by atoms with Gasteiger partial charge in [0.2, 0.25) is 0 Å². The van der Waals surface area contributed by atoms with E-state index in [1.54, 1.807) is 9.58 Å². The Bertz CT molecular complexity index is 703. The van der Waals surface area contributed by atoms with Crippen molar-refractivity contribution in [2.24, 2.45) is 0 Å². The quantitative estimate of drug-likeness (QED) is 0.507. The highest BCUT2D eigenvalue weighted by Crippen LogP contribution is 2.14. The van der Waals surface area contributed by atoms with Crippen molar-refractivity contribution in [1.82, 2.24) is 19.8 Å². The Hall–Kier alpha value is -2.62. The molecule has 0 spiro atoms. The number of rotatable bonds is 1. The van der Waals surface area contributed by atoms with E-state index in [4.69, 9.17) is 0 Å². The summed E-state index contributed by atoms with van der Waals surface area (Å²) >= 11 is 0. The first-order valence-corrected chi connectivity index (χ1v) is 5.80. The number of benzene rings is 2. The van der Waals surface area contributed by atoms with E-state index < -0.39 is 0 Å². The van der Waals surface area contributed by atoms with Crippen molar-refractivity contribution in [2.45, 2.75) is 0 Å². The molecule has 0 saturated carbocycles. The molecule has 4 rings (SSSR count). The zero-order valence-corrected chi connectivity index (χ0v) is 9.56. The molecule has 0 N–H and O–H groups in total. The zero-order valence-electron chi connectivity index (χ0n) is 9.56. The van der Waals surface area contributed by atoms with E-state index in [-0.39, 0.29) is 0 Å². The molecule has 4 heteroatoms. The minimum absolute atomic E-state index is 0.969. The smallest absolute Gasteiger partial charge is 0.0945 e. The van der Waals surface area contributed by atoms with Gasteiger partial charge in [-0.25, -0.2) is 0 Å². The van der Waals surface area contributed by atoms with Gasteiger partial charge in [-0.2, -0.15) is 19.8 Å². The van der Waals surface area contributed by atoms with Crippen molar-refractivity contribution >= 4 is 21.8 Å². The van der Waals surface area contributed by atoms with Gasteiger partial charge in [-0.3, -0.25) is 0 Å². The molecule has 0 unspecified atom stereocenters. The molecule has 4 nitrogen and oxygen atoms in total. The summed E-state index contributed by atoms with van der Waals surface area (Å²) in [6.45, 7) is 0. The third-order valence-corrected chi connectivity index (χ3v) is 3.01. The maximum absolute atomic E-state index is 4.50. The fourth-order valence-electron chi connectivity index (χ4n) is 2.11. The van der Waals surface area contributed by atoms with Gasteiger partial charge < -0.3 is 0 Å². The summed E-state index contributed by atoms with van der Waals surface area (Å²) in [6.07, 6.45) is 3.95. The van der Waals surface area contributed by atoms with E-state index in [2.05, 4.69) is 10.2 Å². The van der Waals surface area contributed by atoms with Crippen molar-refractivity contribution in [2.75, 3.05) is 0 Å². The normalized spacial score (nSPS) is 11.3. The van der Waals surface area contributed by atoms with E-state index in [9.17, 15) is 0 Å². The third-order valence-electron chi connectivity index (χ3n) is 3.01. The second-order valence-corrected chi connectivity index (χ2v) is 4.22. The Morgan fingerprint density at radius 3 is 1.50 bits per heavy atom. The Balaban J connectivity index is 1.95. The van der Waals surface area contributed by atoms with Gasteiger partial charge in [-0.1, -0.05) is 36.4 Å². The van der Waals surface area contributed by atoms with Crippen LogP contribution in [-0.2, 0) is 0 Å². The van der Waals surface area contributed by atoms with Gasteiger partial charge in [0.05, 0.1) is 23.4 Å². The van der Waals surface area contributed by atoms with Crippen LogP contribution in [0.15, 0.2) is 60.9 Å². The maximum Gasteiger partial charge on any atom is 0.0945 e. The largest absolute Gasteiger partial charge is 0.158 e. The monoisotopic (exact) mass is 234 g/mol. The molecule has 0 aliphatic carbocycles. The average molecular weight is 234 g/mol. The first-order valence-electron chi connectivity index (χ1n) is 5.80. The fraction of sp³-hybridized carbons (Fsp3) is 0. The maximum atomic E-state index is 4.50. The van der Waals surface area contributed by atoms with Crippen LogP contribution in [0.2, 0.25) is 0 Å². The van der Waals surface area contributed by atoms with Crippen LogP contribution in [0.5, 0.6) is 0 Å². The second-order valence-electron chi connectivity index (χ2n) is 4.22. The molecule has 86 valence electrons. The van der Waals surface area contributed by atoms with Crippen LogP contribution in [0.1, 0.15) is 0 Å². The SMILES string of the molecule is c1ccc2nn(-n3cc4ccccc4n3)cc2c1. The molecule has 0 radical (unpaired) electrons. The van der Waals surface area contributed by atoms with Crippen molar-refractivity contribution < 1.29 is 0 Å². The highest BCUT2D eigenvalue weighted by atomic mass is 15.7. The standard InChI is InChI=1S/C14H10N4/c1-3-7-13-11(5-1)9-17(15-13)18-10-12-6-2-4-8-14(12)16-18/h1-10H. The van der Waals surface area contributed by atoms with E-state index in [1.165, 1.54) is 0 Å². The molecule has 2 aromatic heterocycles. The predicted molar refractivity (Wildman–Crippen MR) is 70.3 cm³/mol. The Morgan fingerprint density at radius 2 is 1.06 bits per heavy atom. The van der Waals surface area contributed by atoms with Crippen molar-refractivity contribution in [3.05, 3.63) is 60.9 Å². The lowest BCUT2D eigenvalue weighted by Gasteiger charge is -1.97. The Kier molecular flexibility index (Phi) is 1.80. The van der Waals surface area contributed by atoms with Crippen LogP contribution in [0.25, 0.3) is 21.8 Å². The summed E-state index contributed by atoms with van der Waals surface area (Å²) in [7, 11) is 0. The van der Waals surface area contributed by atoms with E-state index >= 15 is 0 Å². The molecule has 0 saturated heterocycles. The van der Waals surface area contributed by atoms with Crippen LogP contribution >= 0.6 is 0 Å². The third kappa shape index (κ3) is 1.32. The van der Waals surface area contributed by atoms with Gasteiger partial charge in [0.1, 0.15) is 0 Å². The zero-order chi connectivity index (χ0) is 11.9. The topological polar surface area (TPSA) is 35.6 Å². The average Bonchev–Trinajstić information content (AvgIpc) is 3.02. The Morgan fingerprint density at radius 1 is 0.611 bits per heavy atom. The number of fused-ring (bicyclic) bond motifs is 2. The molecule has 0 bridgehead atoms. The van der Waals surface area contributed by atoms with Crippen LogP contribution in [0, 0.1) is 0 Å². The molecule has 0 aliphatic rings. The lowest BCUT2D eigenvalue weighted by Crippen LogP contribution is -2.09. The molecular formula is C14H10N4. The van der Waals surface area contributed by atoms with Crippen molar-refractivity contribution in [1.29, 1.82) is 0 Å². The van der Waals surface area contributed by atoms with Crippen molar-refractivity contribution in [3.63, 3.8) is 0 Å². The van der Waals surface area contributed by atoms with E-state index in [0.717, 1.165) is 21.8 Å². The molecule has 0 amide bonds. The summed E-state index contributed by atoms with van der Waals surface area (Å²) in [6, 6.07) is 16.1. The summed E-state index contributed by atoms with van der Waals surface area (Å²) in [5.74, 6) is 0. The number of hydrogen-bond acceptors (Lipinski definition) is 2. The van der Waals surface area contributed by atoms with Crippen LogP contribution < -0.4 is 0 Å². The summed E-state index contributed by atoms with van der Waals surface area (Å²) in [5, 5.41) is 11.2. The number of hydrogen-bond donors (Lipinski definition) is 0. The number of aromatic nitrogens is 4. The van der Waals surface area contributed by atoms with Gasteiger partial charge in [0, 0.05) is 10.8 Å². The van der Waals surface area contributed by atoms with E-state index in [1.807, 2.05) is 60.9 Å². The molecular weight excluding hydrogens is 224 g/mol. The Labute approximate surface area is 103 Å². The number of nitrogens with zero attached hydrogens (tertiary/aromatic N) is 4. The lowest BCUT2D eigenvalue weighted by molar-refractivity contribution is 0.517. The molecule has 2 heterocycles. The van der Waals surface area contributed by atoms with Gasteiger partial charge in [-0.15, -0.1) is 0 Å². The van der Waals surface area contributed by atoms with Gasteiger partial charge in [0.15, 0.2) is 0 Å². The van der Waals surface area contributed by atoms with Crippen molar-refractivity contribution in [3.8, 4) is 0 Å². The van der Waals surface area contributed by atoms with Gasteiger partial charge in [0.25, 0.3) is 0 Å². The molecule has 0 aliphatic heterocycles. The van der Waals surface area contributed by atoms with Crippen LogP contribution in [0.3, 0.4) is 0 Å². The summed E-state index contributed by atoms with van der Waals surface area (Å²) < 4.78 is 0. The van der Waals surface area contributed by atoms with Gasteiger partial charge in [-0.05, 0) is 12.1 Å². The second kappa shape index (κ2) is 3.43. The summed E-state index contributed by atoms with van der Waals surface area (Å²) in [4.78, 5) is 3.51. The molecule has 18 heavy (non-hydrogen) atoms. The first-order chi connectivity index (χ1) is 8.90. The first kappa shape index (κ1) is 9.41. The fourth-order valence-corrected chi connectivity index (χ4v) is 2.11.